The maximum absolute atomic E-state index is 12.2. The van der Waals surface area contributed by atoms with Gasteiger partial charge in [-0.25, -0.2) is 4.79 Å². The first kappa shape index (κ1) is 18.7. The molecule has 0 fully saturated rings. The van der Waals surface area contributed by atoms with E-state index in [1.807, 2.05) is 13.8 Å². The van der Waals surface area contributed by atoms with E-state index in [4.69, 9.17) is 5.11 Å². The highest BCUT2D eigenvalue weighted by atomic mass is 32.1. The molecule has 0 aliphatic carbocycles. The fraction of sp³-hybridized carbons (Fsp3) is 0.278. The average Bonchev–Trinajstić information content (AvgIpc) is 3.10. The summed E-state index contributed by atoms with van der Waals surface area (Å²) in [6.07, 6.45) is 0. The Hall–Kier alpha value is -2.67. The Kier molecular flexibility index (Phi) is 6.30. The second kappa shape index (κ2) is 8.43. The number of nitrogens with one attached hydrogen (secondary N) is 1. The second-order valence-corrected chi connectivity index (χ2v) is 6.48. The first-order valence-corrected chi connectivity index (χ1v) is 8.77. The monoisotopic (exact) mass is 360 g/mol. The van der Waals surface area contributed by atoms with Crippen LogP contribution in [0.25, 0.3) is 0 Å². The predicted octanol–water partition coefficient (Wildman–Crippen LogP) is 2.86. The number of nitrogens with zero attached hydrogens (tertiary/aromatic N) is 1. The molecule has 0 spiro atoms. The van der Waals surface area contributed by atoms with Crippen molar-refractivity contribution in [3.05, 3.63) is 57.3 Å². The first-order valence-electron chi connectivity index (χ1n) is 7.95. The number of hydrogen-bond donors (Lipinski definition) is 2. The number of hydrogen-bond acceptors (Lipinski definition) is 4. The summed E-state index contributed by atoms with van der Waals surface area (Å²) < 4.78 is 0. The van der Waals surface area contributed by atoms with Gasteiger partial charge in [0.15, 0.2) is 0 Å². The Morgan fingerprint density at radius 2 is 1.60 bits per heavy atom. The van der Waals surface area contributed by atoms with Gasteiger partial charge in [-0.15, -0.1) is 11.3 Å². The molecule has 2 aromatic rings. The van der Waals surface area contributed by atoms with Crippen LogP contribution in [0.15, 0.2) is 36.4 Å². The highest BCUT2D eigenvalue weighted by Gasteiger charge is 2.14. The van der Waals surface area contributed by atoms with Crippen LogP contribution in [0.3, 0.4) is 0 Å². The smallest absolute Gasteiger partial charge is 0.345 e. The van der Waals surface area contributed by atoms with Gasteiger partial charge in [0.1, 0.15) is 4.88 Å². The van der Waals surface area contributed by atoms with Crippen LogP contribution in [0.4, 0.5) is 0 Å². The zero-order valence-electron chi connectivity index (χ0n) is 14.1. The van der Waals surface area contributed by atoms with E-state index in [0.29, 0.717) is 24.2 Å². The zero-order chi connectivity index (χ0) is 18.4. The van der Waals surface area contributed by atoms with Crippen LogP contribution in [0.5, 0.6) is 0 Å². The number of carboxylic acid groups (broad SMARTS) is 1. The van der Waals surface area contributed by atoms with Gasteiger partial charge in [-0.3, -0.25) is 9.59 Å². The van der Waals surface area contributed by atoms with E-state index in [2.05, 4.69) is 5.32 Å². The van der Waals surface area contributed by atoms with Crippen LogP contribution in [0.2, 0.25) is 0 Å². The minimum absolute atomic E-state index is 0.0586. The van der Waals surface area contributed by atoms with Gasteiger partial charge in [0, 0.05) is 29.1 Å². The van der Waals surface area contributed by atoms with Gasteiger partial charge >= 0.3 is 5.97 Å². The van der Waals surface area contributed by atoms with Crippen LogP contribution in [-0.2, 0) is 6.54 Å². The average molecular weight is 360 g/mol. The lowest BCUT2D eigenvalue weighted by atomic mass is 10.1. The van der Waals surface area contributed by atoms with E-state index in [0.717, 1.165) is 16.2 Å². The van der Waals surface area contributed by atoms with Crippen LogP contribution >= 0.6 is 11.3 Å². The fourth-order valence-corrected chi connectivity index (χ4v) is 3.10. The summed E-state index contributed by atoms with van der Waals surface area (Å²) in [5, 5.41) is 11.6. The third kappa shape index (κ3) is 4.67. The van der Waals surface area contributed by atoms with Crippen molar-refractivity contribution in [2.24, 2.45) is 0 Å². The lowest BCUT2D eigenvalue weighted by Gasteiger charge is -2.18. The molecule has 7 heteroatoms. The first-order chi connectivity index (χ1) is 12.0. The van der Waals surface area contributed by atoms with Gasteiger partial charge in [0.05, 0.1) is 6.54 Å². The molecule has 1 heterocycles. The van der Waals surface area contributed by atoms with Gasteiger partial charge in [0.25, 0.3) is 11.8 Å². The zero-order valence-corrected chi connectivity index (χ0v) is 14.9. The molecule has 0 bridgehead atoms. The highest BCUT2D eigenvalue weighted by Crippen LogP contribution is 2.16. The van der Waals surface area contributed by atoms with Crippen LogP contribution in [0.1, 0.15) is 49.1 Å². The van der Waals surface area contributed by atoms with Crippen LogP contribution in [0, 0.1) is 0 Å². The molecule has 0 saturated heterocycles. The molecule has 0 unspecified atom stereocenters. The van der Waals surface area contributed by atoms with E-state index in [9.17, 15) is 14.4 Å². The van der Waals surface area contributed by atoms with Gasteiger partial charge in [0.2, 0.25) is 0 Å². The SMILES string of the molecule is CCN(CC)C(=O)c1ccc(C(=O)NCc2ccc(C(=O)O)s2)cc1. The number of carbonyl (C=O) groups is 3. The molecule has 0 saturated carbocycles. The fourth-order valence-electron chi connectivity index (χ4n) is 2.31. The summed E-state index contributed by atoms with van der Waals surface area (Å²) in [4.78, 5) is 38.0. The number of carboxylic acids is 1. The van der Waals surface area contributed by atoms with Crippen molar-refractivity contribution in [1.29, 1.82) is 0 Å². The Morgan fingerprint density at radius 3 is 2.12 bits per heavy atom. The quantitative estimate of drug-likeness (QED) is 0.795. The maximum Gasteiger partial charge on any atom is 0.345 e. The van der Waals surface area contributed by atoms with E-state index in [1.165, 1.54) is 6.07 Å². The minimum atomic E-state index is -0.976. The lowest BCUT2D eigenvalue weighted by molar-refractivity contribution is 0.0700. The number of aromatic carboxylic acids is 1. The number of rotatable bonds is 7. The van der Waals surface area contributed by atoms with Gasteiger partial charge in [-0.1, -0.05) is 0 Å². The maximum atomic E-state index is 12.2. The molecule has 0 aliphatic rings. The molecule has 132 valence electrons. The standard InChI is InChI=1S/C18H20N2O4S/c1-3-20(4-2)17(22)13-7-5-12(6-8-13)16(21)19-11-14-9-10-15(25-14)18(23)24/h5-10H,3-4,11H2,1-2H3,(H,19,21)(H,23,24). The van der Waals surface area contributed by atoms with Crippen molar-refractivity contribution < 1.29 is 19.5 Å². The summed E-state index contributed by atoms with van der Waals surface area (Å²) in [6.45, 7) is 5.37. The van der Waals surface area contributed by atoms with Gasteiger partial charge in [-0.2, -0.15) is 0 Å². The third-order valence-electron chi connectivity index (χ3n) is 3.74. The molecule has 2 amide bonds. The van der Waals surface area contributed by atoms with Crippen molar-refractivity contribution in [1.82, 2.24) is 10.2 Å². The van der Waals surface area contributed by atoms with Gasteiger partial charge < -0.3 is 15.3 Å². The third-order valence-corrected chi connectivity index (χ3v) is 4.81. The molecule has 1 aromatic heterocycles. The Balaban J connectivity index is 1.97. The molecule has 2 rings (SSSR count). The molecule has 1 aromatic carbocycles. The van der Waals surface area contributed by atoms with E-state index >= 15 is 0 Å². The summed E-state index contributed by atoms with van der Waals surface area (Å²) in [5.41, 5.74) is 0.996. The Labute approximate surface area is 150 Å². The Bertz CT molecular complexity index is 764. The molecule has 2 N–H and O–H groups in total. The molecule has 0 radical (unpaired) electrons. The van der Waals surface area contributed by atoms with Gasteiger partial charge in [-0.05, 0) is 50.2 Å². The summed E-state index contributed by atoms with van der Waals surface area (Å²) in [5.74, 6) is -1.31. The molecule has 25 heavy (non-hydrogen) atoms. The van der Waals surface area contributed by atoms with Crippen molar-refractivity contribution in [3.63, 3.8) is 0 Å². The normalized spacial score (nSPS) is 10.3. The number of thiophene rings is 1. The lowest BCUT2D eigenvalue weighted by Crippen LogP contribution is -2.30. The summed E-state index contributed by atoms with van der Waals surface area (Å²) in [7, 11) is 0. The highest BCUT2D eigenvalue weighted by molar-refractivity contribution is 7.13. The largest absolute Gasteiger partial charge is 0.477 e. The minimum Gasteiger partial charge on any atom is -0.477 e. The van der Waals surface area contributed by atoms with Crippen molar-refractivity contribution >= 4 is 29.1 Å². The molecule has 6 nitrogen and oxygen atoms in total. The van der Waals surface area contributed by atoms with E-state index < -0.39 is 5.97 Å². The summed E-state index contributed by atoms with van der Waals surface area (Å²) >= 11 is 1.13. The molecule has 0 aliphatic heterocycles. The van der Waals surface area contributed by atoms with Crippen LogP contribution in [-0.4, -0.2) is 40.9 Å². The predicted molar refractivity (Wildman–Crippen MR) is 96.1 cm³/mol. The molecular weight excluding hydrogens is 340 g/mol. The number of amides is 2. The van der Waals surface area contributed by atoms with Crippen LogP contribution < -0.4 is 5.32 Å². The van der Waals surface area contributed by atoms with Crippen molar-refractivity contribution in [2.45, 2.75) is 20.4 Å². The topological polar surface area (TPSA) is 86.7 Å². The second-order valence-electron chi connectivity index (χ2n) is 5.31. The van der Waals surface area contributed by atoms with E-state index in [1.54, 1.807) is 35.2 Å². The number of benzene rings is 1. The molecule has 0 atom stereocenters. The van der Waals surface area contributed by atoms with Crippen molar-refractivity contribution in [3.8, 4) is 0 Å². The van der Waals surface area contributed by atoms with Crippen molar-refractivity contribution in [2.75, 3.05) is 13.1 Å². The van der Waals surface area contributed by atoms with E-state index in [-0.39, 0.29) is 23.2 Å². The summed E-state index contributed by atoms with van der Waals surface area (Å²) in [6, 6.07) is 9.71. The number of carbonyl (C=O) groups excluding carboxylic acids is 2. The Morgan fingerprint density at radius 1 is 1.00 bits per heavy atom. The molecular formula is C18H20N2O4S.